The van der Waals surface area contributed by atoms with E-state index in [0.29, 0.717) is 0 Å². The Balaban J connectivity index is 2.16. The Morgan fingerprint density at radius 2 is 1.95 bits per heavy atom. The van der Waals surface area contributed by atoms with Crippen LogP contribution in [0.1, 0.15) is 23.7 Å². The maximum atomic E-state index is 13.8. The SMILES string of the molecule is CCOC(=O)C1CN(C(=O)c2ccc(F)cc2)CC(F)(F)C1. The Hall–Kier alpha value is -2.05. The summed E-state index contributed by atoms with van der Waals surface area (Å²) in [6, 6.07) is 4.61. The van der Waals surface area contributed by atoms with E-state index in [2.05, 4.69) is 0 Å². The summed E-state index contributed by atoms with van der Waals surface area (Å²) in [5.41, 5.74) is 0.0988. The van der Waals surface area contributed by atoms with Gasteiger partial charge in [-0.25, -0.2) is 13.2 Å². The van der Waals surface area contributed by atoms with E-state index in [0.717, 1.165) is 17.0 Å². The largest absolute Gasteiger partial charge is 0.466 e. The first-order valence-electron chi connectivity index (χ1n) is 6.91. The number of alkyl halides is 2. The third-order valence-electron chi connectivity index (χ3n) is 3.41. The van der Waals surface area contributed by atoms with Crippen LogP contribution in [0.15, 0.2) is 24.3 Å². The van der Waals surface area contributed by atoms with E-state index in [4.69, 9.17) is 4.74 Å². The summed E-state index contributed by atoms with van der Waals surface area (Å²) in [6.07, 6.45) is -0.640. The van der Waals surface area contributed by atoms with E-state index in [-0.39, 0.29) is 18.7 Å². The lowest BCUT2D eigenvalue weighted by Gasteiger charge is -2.36. The zero-order chi connectivity index (χ0) is 16.3. The second kappa shape index (κ2) is 6.37. The number of piperidine rings is 1. The van der Waals surface area contributed by atoms with Gasteiger partial charge in [0, 0.05) is 18.5 Å². The summed E-state index contributed by atoms with van der Waals surface area (Å²) in [7, 11) is 0. The monoisotopic (exact) mass is 315 g/mol. The van der Waals surface area contributed by atoms with E-state index in [1.54, 1.807) is 6.92 Å². The normalized spacial score (nSPS) is 20.5. The average Bonchev–Trinajstić information content (AvgIpc) is 2.46. The van der Waals surface area contributed by atoms with Crippen molar-refractivity contribution in [2.45, 2.75) is 19.3 Å². The third-order valence-corrected chi connectivity index (χ3v) is 3.41. The highest BCUT2D eigenvalue weighted by Crippen LogP contribution is 2.32. The van der Waals surface area contributed by atoms with Crippen molar-refractivity contribution in [1.82, 2.24) is 4.90 Å². The van der Waals surface area contributed by atoms with Gasteiger partial charge in [-0.2, -0.15) is 0 Å². The number of hydrogen-bond donors (Lipinski definition) is 0. The van der Waals surface area contributed by atoms with Crippen molar-refractivity contribution >= 4 is 11.9 Å². The highest BCUT2D eigenvalue weighted by atomic mass is 19.3. The quantitative estimate of drug-likeness (QED) is 0.805. The van der Waals surface area contributed by atoms with Crippen LogP contribution in [-0.4, -0.2) is 42.4 Å². The summed E-state index contributed by atoms with van der Waals surface area (Å²) in [4.78, 5) is 24.8. The molecule has 0 radical (unpaired) electrons. The van der Waals surface area contributed by atoms with Gasteiger partial charge in [0.2, 0.25) is 0 Å². The molecule has 0 saturated carbocycles. The number of carbonyl (C=O) groups excluding carboxylic acids is 2. The fraction of sp³-hybridized carbons (Fsp3) is 0.467. The smallest absolute Gasteiger partial charge is 0.310 e. The van der Waals surface area contributed by atoms with E-state index in [1.807, 2.05) is 0 Å². The molecule has 1 aliphatic heterocycles. The molecule has 0 N–H and O–H groups in total. The molecule has 4 nitrogen and oxygen atoms in total. The van der Waals surface area contributed by atoms with Crippen molar-refractivity contribution in [1.29, 1.82) is 0 Å². The molecule has 1 aromatic rings. The highest BCUT2D eigenvalue weighted by molar-refractivity contribution is 5.94. The van der Waals surface area contributed by atoms with Crippen LogP contribution < -0.4 is 0 Å². The van der Waals surface area contributed by atoms with Gasteiger partial charge in [0.15, 0.2) is 0 Å². The van der Waals surface area contributed by atoms with Crippen molar-refractivity contribution < 1.29 is 27.5 Å². The lowest BCUT2D eigenvalue weighted by Crippen LogP contribution is -2.51. The number of amides is 1. The number of benzene rings is 1. The van der Waals surface area contributed by atoms with Crippen LogP contribution in [0.4, 0.5) is 13.2 Å². The summed E-state index contributed by atoms with van der Waals surface area (Å²) in [5, 5.41) is 0. The number of ether oxygens (including phenoxy) is 1. The molecule has 0 bridgehead atoms. The summed E-state index contributed by atoms with van der Waals surface area (Å²) in [5.74, 6) is -6.14. The minimum Gasteiger partial charge on any atom is -0.466 e. The molecule has 1 aliphatic rings. The number of rotatable bonds is 3. The molecule has 1 unspecified atom stereocenters. The molecular formula is C15H16F3NO3. The van der Waals surface area contributed by atoms with Crippen LogP contribution in [0.2, 0.25) is 0 Å². The van der Waals surface area contributed by atoms with Crippen LogP contribution in [0, 0.1) is 11.7 Å². The Morgan fingerprint density at radius 3 is 2.55 bits per heavy atom. The number of likely N-dealkylation sites (tertiary alicyclic amines) is 1. The van der Waals surface area contributed by atoms with Gasteiger partial charge in [-0.1, -0.05) is 0 Å². The van der Waals surface area contributed by atoms with Crippen molar-refractivity contribution in [3.8, 4) is 0 Å². The lowest BCUT2D eigenvalue weighted by atomic mass is 9.94. The molecule has 2 rings (SSSR count). The molecule has 1 fully saturated rings. The first kappa shape index (κ1) is 16.3. The number of esters is 1. The van der Waals surface area contributed by atoms with Gasteiger partial charge in [0.25, 0.3) is 11.8 Å². The number of carbonyl (C=O) groups is 2. The van der Waals surface area contributed by atoms with Gasteiger partial charge in [0.05, 0.1) is 19.1 Å². The molecule has 0 spiro atoms. The predicted octanol–water partition coefficient (Wildman–Crippen LogP) is 2.49. The molecule has 1 saturated heterocycles. The van der Waals surface area contributed by atoms with Crippen LogP contribution in [0.5, 0.6) is 0 Å². The van der Waals surface area contributed by atoms with Gasteiger partial charge in [0.1, 0.15) is 5.82 Å². The van der Waals surface area contributed by atoms with Crippen LogP contribution in [-0.2, 0) is 9.53 Å². The van der Waals surface area contributed by atoms with E-state index >= 15 is 0 Å². The predicted molar refractivity (Wildman–Crippen MR) is 72.0 cm³/mol. The molecule has 1 atom stereocenters. The number of hydrogen-bond acceptors (Lipinski definition) is 3. The van der Waals surface area contributed by atoms with Crippen LogP contribution in [0.25, 0.3) is 0 Å². The highest BCUT2D eigenvalue weighted by Gasteiger charge is 2.45. The Kier molecular flexibility index (Phi) is 4.73. The fourth-order valence-electron chi connectivity index (χ4n) is 2.45. The number of halogens is 3. The van der Waals surface area contributed by atoms with Gasteiger partial charge < -0.3 is 9.64 Å². The van der Waals surface area contributed by atoms with Crippen molar-refractivity contribution in [3.05, 3.63) is 35.6 Å². The molecule has 1 aromatic carbocycles. The first-order valence-corrected chi connectivity index (χ1v) is 6.91. The van der Waals surface area contributed by atoms with Crippen LogP contribution >= 0.6 is 0 Å². The van der Waals surface area contributed by atoms with Crippen molar-refractivity contribution in [2.75, 3.05) is 19.7 Å². The van der Waals surface area contributed by atoms with Gasteiger partial charge in [-0.15, -0.1) is 0 Å². The summed E-state index contributed by atoms with van der Waals surface area (Å²) < 4.78 is 45.2. The standard InChI is InChI=1S/C15H16F3NO3/c1-2-22-14(21)11-7-15(17,18)9-19(8-11)13(20)10-3-5-12(16)6-4-10/h3-6,11H,2,7-9H2,1H3. The minimum atomic E-state index is -3.16. The summed E-state index contributed by atoms with van der Waals surface area (Å²) in [6.45, 7) is 0.775. The fourth-order valence-corrected chi connectivity index (χ4v) is 2.45. The maximum absolute atomic E-state index is 13.8. The zero-order valence-electron chi connectivity index (χ0n) is 12.0. The molecule has 0 aliphatic carbocycles. The van der Waals surface area contributed by atoms with Crippen molar-refractivity contribution in [2.24, 2.45) is 5.92 Å². The molecule has 1 heterocycles. The van der Waals surface area contributed by atoms with Gasteiger partial charge in [-0.3, -0.25) is 9.59 Å². The minimum absolute atomic E-state index is 0.0901. The van der Waals surface area contributed by atoms with E-state index < -0.39 is 42.5 Å². The van der Waals surface area contributed by atoms with E-state index in [1.165, 1.54) is 12.1 Å². The number of nitrogens with zero attached hydrogens (tertiary/aromatic N) is 1. The Morgan fingerprint density at radius 1 is 1.32 bits per heavy atom. The second-order valence-corrected chi connectivity index (χ2v) is 5.20. The maximum Gasteiger partial charge on any atom is 0.310 e. The van der Waals surface area contributed by atoms with Gasteiger partial charge in [-0.05, 0) is 31.2 Å². The van der Waals surface area contributed by atoms with Crippen LogP contribution in [0.3, 0.4) is 0 Å². The Bertz CT molecular complexity index is 560. The summed E-state index contributed by atoms with van der Waals surface area (Å²) >= 11 is 0. The van der Waals surface area contributed by atoms with Gasteiger partial charge >= 0.3 is 5.97 Å². The molecule has 22 heavy (non-hydrogen) atoms. The first-order chi connectivity index (χ1) is 10.3. The molecule has 120 valence electrons. The second-order valence-electron chi connectivity index (χ2n) is 5.20. The average molecular weight is 315 g/mol. The Labute approximate surface area is 125 Å². The third kappa shape index (κ3) is 3.78. The zero-order valence-corrected chi connectivity index (χ0v) is 12.0. The lowest BCUT2D eigenvalue weighted by molar-refractivity contribution is -0.157. The molecule has 7 heteroatoms. The topological polar surface area (TPSA) is 46.6 Å². The molecular weight excluding hydrogens is 299 g/mol. The molecule has 0 aromatic heterocycles. The van der Waals surface area contributed by atoms with E-state index in [9.17, 15) is 22.8 Å². The van der Waals surface area contributed by atoms with Crippen molar-refractivity contribution in [3.63, 3.8) is 0 Å². The molecule has 1 amide bonds.